The van der Waals surface area contributed by atoms with Gasteiger partial charge in [0.1, 0.15) is 11.6 Å². The van der Waals surface area contributed by atoms with Crippen molar-refractivity contribution < 1.29 is 27.4 Å². The molecule has 12 heteroatoms. The maximum absolute atomic E-state index is 13.6. The molecule has 1 amide bonds. The average molecular weight is 573 g/mol. The maximum atomic E-state index is 13.6. The van der Waals surface area contributed by atoms with Gasteiger partial charge in [-0.2, -0.15) is 18.2 Å². The maximum Gasteiger partial charge on any atom is 0.418 e. The van der Waals surface area contributed by atoms with Crippen LogP contribution < -0.4 is 10.1 Å². The monoisotopic (exact) mass is 572 g/mol. The number of hydrogen-bond donors (Lipinski definition) is 2. The number of benzene rings is 1. The number of fused-ring (bicyclic) bond motifs is 1. The van der Waals surface area contributed by atoms with E-state index in [9.17, 15) is 18.0 Å². The van der Waals surface area contributed by atoms with Crippen LogP contribution >= 0.6 is 0 Å². The topological polar surface area (TPSA) is 94.5 Å². The molecule has 2 saturated heterocycles. The van der Waals surface area contributed by atoms with Crippen LogP contribution in [0.1, 0.15) is 53.6 Å². The molecule has 9 nitrogen and oxygen atoms in total. The van der Waals surface area contributed by atoms with Crippen LogP contribution in [0.2, 0.25) is 0 Å². The second-order valence-corrected chi connectivity index (χ2v) is 11.1. The van der Waals surface area contributed by atoms with Crippen molar-refractivity contribution in [3.63, 3.8) is 0 Å². The summed E-state index contributed by atoms with van der Waals surface area (Å²) in [5.41, 5.74) is 1.12. The molecule has 2 aromatic rings. The first-order valence-electron chi connectivity index (χ1n) is 14.3. The lowest BCUT2D eigenvalue weighted by atomic mass is 10.0. The van der Waals surface area contributed by atoms with Crippen LogP contribution in [0.3, 0.4) is 0 Å². The Kier molecular flexibility index (Phi) is 7.78. The Labute approximate surface area is 236 Å². The van der Waals surface area contributed by atoms with E-state index in [0.29, 0.717) is 41.8 Å². The molecule has 0 radical (unpaired) electrons. The molecule has 1 atom stereocenters. The van der Waals surface area contributed by atoms with Crippen LogP contribution in [0, 0.1) is 5.92 Å². The van der Waals surface area contributed by atoms with Gasteiger partial charge in [0.15, 0.2) is 0 Å². The minimum absolute atomic E-state index is 0.0472. The van der Waals surface area contributed by atoms with Crippen LogP contribution in [0.15, 0.2) is 34.4 Å². The van der Waals surface area contributed by atoms with Gasteiger partial charge in [-0.25, -0.2) is 4.99 Å². The lowest BCUT2D eigenvalue weighted by Gasteiger charge is -2.34. The zero-order chi connectivity index (χ0) is 28.6. The first-order valence-corrected chi connectivity index (χ1v) is 14.3. The van der Waals surface area contributed by atoms with E-state index < -0.39 is 11.7 Å². The second kappa shape index (κ2) is 11.5. The molecule has 2 N–H and O–H groups in total. The molecule has 3 fully saturated rings. The van der Waals surface area contributed by atoms with Gasteiger partial charge in [0.25, 0.3) is 5.91 Å². The van der Waals surface area contributed by atoms with Gasteiger partial charge >= 0.3 is 6.18 Å². The summed E-state index contributed by atoms with van der Waals surface area (Å²) in [5, 5.41) is 3.14. The zero-order valence-corrected chi connectivity index (χ0v) is 23.1. The number of morpholine rings is 1. The number of H-pyrrole nitrogens is 1. The van der Waals surface area contributed by atoms with Crippen LogP contribution in [0.25, 0.3) is 0 Å². The number of ether oxygens (including phenoxy) is 2. The number of nitrogens with zero attached hydrogens (tertiary/aromatic N) is 4. The van der Waals surface area contributed by atoms with Crippen LogP contribution in [-0.2, 0) is 17.3 Å². The minimum Gasteiger partial charge on any atom is -0.495 e. The molecule has 4 heterocycles. The number of methoxy groups -OCH3 is 1. The van der Waals surface area contributed by atoms with E-state index in [2.05, 4.69) is 25.2 Å². The van der Waals surface area contributed by atoms with Crippen molar-refractivity contribution in [2.75, 3.05) is 51.8 Å². The van der Waals surface area contributed by atoms with Crippen molar-refractivity contribution in [1.29, 1.82) is 0 Å². The molecule has 1 unspecified atom stereocenters. The normalized spacial score (nSPS) is 22.2. The number of aromatic amines is 1. The molecule has 1 aromatic heterocycles. The SMILES string of the molecule is COc1cc(C(=O)N2CCCC(N3CCOCC3)CC2)ccc1NC1=Nc2[nH]cc(C(F)(F)F)c2CC(C2CC2)=N1. The first kappa shape index (κ1) is 27.8. The highest BCUT2D eigenvalue weighted by Gasteiger charge is 2.39. The predicted octanol–water partition coefficient (Wildman–Crippen LogP) is 4.88. The summed E-state index contributed by atoms with van der Waals surface area (Å²) in [6.45, 7) is 4.80. The summed E-state index contributed by atoms with van der Waals surface area (Å²) in [7, 11) is 1.51. The number of carbonyl (C=O) groups is 1. The minimum atomic E-state index is -4.48. The highest BCUT2D eigenvalue weighted by Crippen LogP contribution is 2.40. The van der Waals surface area contributed by atoms with Gasteiger partial charge in [-0.15, -0.1) is 0 Å². The van der Waals surface area contributed by atoms with Crippen molar-refractivity contribution >= 4 is 29.1 Å². The number of alkyl halides is 3. The van der Waals surface area contributed by atoms with Gasteiger partial charge in [-0.1, -0.05) is 0 Å². The van der Waals surface area contributed by atoms with Crippen molar-refractivity contribution in [3.05, 3.63) is 41.1 Å². The molecule has 220 valence electrons. The van der Waals surface area contributed by atoms with E-state index in [1.165, 1.54) is 7.11 Å². The smallest absolute Gasteiger partial charge is 0.418 e. The lowest BCUT2D eigenvalue weighted by Crippen LogP contribution is -2.44. The van der Waals surface area contributed by atoms with Gasteiger partial charge in [0, 0.05) is 61.7 Å². The largest absolute Gasteiger partial charge is 0.495 e. The molecule has 6 rings (SSSR count). The number of aromatic nitrogens is 1. The Bertz CT molecular complexity index is 1340. The Morgan fingerprint density at radius 3 is 2.63 bits per heavy atom. The average Bonchev–Trinajstić information content (AvgIpc) is 3.79. The molecular formula is C29H35F3N6O3. The standard InChI is InChI=1S/C29H35F3N6O3/c1-40-25-15-19(27(39)38-9-2-3-20(8-10-38)37-11-13-41-14-12-37)6-7-23(25)34-28-35-24(18-4-5-18)16-21-22(29(30,31)32)17-33-26(21)36-28/h6-7,15,17-18,20,33H,2-5,8-14,16H2,1H3,(H,34,36). The Morgan fingerprint density at radius 2 is 1.90 bits per heavy atom. The molecule has 1 aromatic carbocycles. The van der Waals surface area contributed by atoms with Gasteiger partial charge in [0.05, 0.1) is 31.6 Å². The van der Waals surface area contributed by atoms with E-state index in [-0.39, 0.29) is 35.6 Å². The molecule has 3 aliphatic heterocycles. The van der Waals surface area contributed by atoms with Crippen LogP contribution in [0.4, 0.5) is 24.7 Å². The number of likely N-dealkylation sites (tertiary alicyclic amines) is 1. The van der Waals surface area contributed by atoms with Crippen molar-refractivity contribution in [3.8, 4) is 5.75 Å². The van der Waals surface area contributed by atoms with E-state index in [1.54, 1.807) is 18.2 Å². The predicted molar refractivity (Wildman–Crippen MR) is 149 cm³/mol. The molecule has 41 heavy (non-hydrogen) atoms. The van der Waals surface area contributed by atoms with E-state index in [4.69, 9.17) is 9.47 Å². The third-order valence-corrected chi connectivity index (χ3v) is 8.39. The van der Waals surface area contributed by atoms with Gasteiger partial charge in [-0.05, 0) is 56.2 Å². The van der Waals surface area contributed by atoms with Gasteiger partial charge in [0.2, 0.25) is 5.96 Å². The lowest BCUT2D eigenvalue weighted by molar-refractivity contribution is -0.138. The number of amides is 1. The molecule has 4 aliphatic rings. The summed E-state index contributed by atoms with van der Waals surface area (Å²) in [4.78, 5) is 29.6. The van der Waals surface area contributed by atoms with Gasteiger partial charge in [-0.3, -0.25) is 9.69 Å². The molecular weight excluding hydrogens is 537 g/mol. The summed E-state index contributed by atoms with van der Waals surface area (Å²) in [6, 6.07) is 5.63. The van der Waals surface area contributed by atoms with Gasteiger partial charge < -0.3 is 24.7 Å². The van der Waals surface area contributed by atoms with Crippen LogP contribution in [-0.4, -0.2) is 84.9 Å². The fourth-order valence-electron chi connectivity index (χ4n) is 5.99. The zero-order valence-electron chi connectivity index (χ0n) is 23.1. The van der Waals surface area contributed by atoms with E-state index >= 15 is 0 Å². The summed E-state index contributed by atoms with van der Waals surface area (Å²) in [6.07, 6.45) is 1.33. The van der Waals surface area contributed by atoms with E-state index in [0.717, 1.165) is 64.6 Å². The number of nitrogens with one attached hydrogen (secondary N) is 2. The fourth-order valence-corrected chi connectivity index (χ4v) is 5.99. The summed E-state index contributed by atoms with van der Waals surface area (Å²) >= 11 is 0. The second-order valence-electron chi connectivity index (χ2n) is 11.1. The molecule has 0 spiro atoms. The Balaban J connectivity index is 1.19. The van der Waals surface area contributed by atoms with Crippen LogP contribution in [0.5, 0.6) is 5.75 Å². The number of anilines is 1. The number of guanidine groups is 1. The highest BCUT2D eigenvalue weighted by molar-refractivity contribution is 6.08. The van der Waals surface area contributed by atoms with Crippen molar-refractivity contribution in [2.45, 2.75) is 50.7 Å². The Hall–Kier alpha value is -3.38. The Morgan fingerprint density at radius 1 is 1.10 bits per heavy atom. The van der Waals surface area contributed by atoms with Crippen molar-refractivity contribution in [2.24, 2.45) is 15.9 Å². The fraction of sp³-hybridized carbons (Fsp3) is 0.552. The van der Waals surface area contributed by atoms with E-state index in [1.807, 2.05) is 4.90 Å². The summed E-state index contributed by atoms with van der Waals surface area (Å²) in [5.74, 6) is 0.854. The highest BCUT2D eigenvalue weighted by atomic mass is 19.4. The molecule has 1 saturated carbocycles. The third kappa shape index (κ3) is 6.13. The van der Waals surface area contributed by atoms with Crippen molar-refractivity contribution in [1.82, 2.24) is 14.8 Å². The third-order valence-electron chi connectivity index (χ3n) is 8.39. The number of hydrogen-bond acceptors (Lipinski definition) is 7. The molecule has 0 bridgehead atoms. The number of carbonyl (C=O) groups excluding carboxylic acids is 1. The summed E-state index contributed by atoms with van der Waals surface area (Å²) < 4.78 is 51.9. The number of halogens is 3. The number of aliphatic imine (C=N–C) groups is 2. The quantitative estimate of drug-likeness (QED) is 0.533. The molecule has 1 aliphatic carbocycles. The first-order chi connectivity index (χ1) is 19.8. The number of rotatable bonds is 5.